The van der Waals surface area contributed by atoms with Crippen LogP contribution in [0.15, 0.2) is 0 Å². The molecule has 0 radical (unpaired) electrons. The lowest BCUT2D eigenvalue weighted by Crippen LogP contribution is -2.58. The van der Waals surface area contributed by atoms with Crippen LogP contribution < -0.4 is 5.32 Å². The van der Waals surface area contributed by atoms with Gasteiger partial charge in [0.2, 0.25) is 0 Å². The van der Waals surface area contributed by atoms with E-state index in [-0.39, 0.29) is 6.04 Å². The molecule has 1 rings (SSSR count). The Morgan fingerprint density at radius 2 is 2.57 bits per heavy atom. The van der Waals surface area contributed by atoms with Crippen LogP contribution in [0, 0.1) is 0 Å². The molecule has 1 aliphatic rings. The highest BCUT2D eigenvalue weighted by Crippen LogP contribution is 2.02. The number of aliphatic hydroxyl groups is 1. The molecule has 0 amide bonds. The molecule has 0 bridgehead atoms. The molecule has 0 spiro atoms. The molecule has 1 saturated heterocycles. The lowest BCUT2D eigenvalue weighted by molar-refractivity contribution is 0.0487. The molecule has 1 fully saturated rings. The Balaban J connectivity index is 2.16. The fourth-order valence-electron chi connectivity index (χ4n) is 0.547. The summed E-state index contributed by atoms with van der Waals surface area (Å²) in [6.45, 7) is 0.0930. The van der Waals surface area contributed by atoms with E-state index in [9.17, 15) is 4.39 Å². The molecule has 2 atom stereocenters. The summed E-state index contributed by atoms with van der Waals surface area (Å²) in [5.41, 5.74) is 0. The summed E-state index contributed by atoms with van der Waals surface area (Å²) >= 11 is 0. The smallest absolute Gasteiger partial charge is 0.107 e. The van der Waals surface area contributed by atoms with Crippen LogP contribution in [0.5, 0.6) is 0 Å². The SMILES string of the molecule is O[C@@H]1CN[C@H]1CF. The van der Waals surface area contributed by atoms with Crippen molar-refractivity contribution >= 4 is 0 Å². The van der Waals surface area contributed by atoms with Crippen LogP contribution >= 0.6 is 0 Å². The zero-order valence-electron chi connectivity index (χ0n) is 3.89. The number of alkyl halides is 1. The van der Waals surface area contributed by atoms with Crippen molar-refractivity contribution < 1.29 is 9.50 Å². The van der Waals surface area contributed by atoms with Crippen LogP contribution in [0.4, 0.5) is 4.39 Å². The van der Waals surface area contributed by atoms with Gasteiger partial charge < -0.3 is 10.4 Å². The Morgan fingerprint density at radius 3 is 2.57 bits per heavy atom. The van der Waals surface area contributed by atoms with Crippen molar-refractivity contribution in [2.75, 3.05) is 13.2 Å². The second kappa shape index (κ2) is 1.76. The van der Waals surface area contributed by atoms with Gasteiger partial charge in [-0.25, -0.2) is 4.39 Å². The third kappa shape index (κ3) is 0.737. The minimum absolute atomic E-state index is 0.278. The second-order valence-corrected chi connectivity index (χ2v) is 1.74. The fraction of sp³-hybridized carbons (Fsp3) is 1.00. The van der Waals surface area contributed by atoms with Crippen molar-refractivity contribution in [1.82, 2.24) is 5.32 Å². The van der Waals surface area contributed by atoms with E-state index >= 15 is 0 Å². The van der Waals surface area contributed by atoms with E-state index in [1.165, 1.54) is 0 Å². The van der Waals surface area contributed by atoms with Crippen LogP contribution in [0.25, 0.3) is 0 Å². The minimum Gasteiger partial charge on any atom is -0.390 e. The molecule has 0 aromatic carbocycles. The Hall–Kier alpha value is -0.150. The molecule has 0 aliphatic carbocycles. The highest BCUT2D eigenvalue weighted by Gasteiger charge is 2.27. The Bertz CT molecular complexity index is 66.7. The van der Waals surface area contributed by atoms with Crippen molar-refractivity contribution in [1.29, 1.82) is 0 Å². The van der Waals surface area contributed by atoms with Gasteiger partial charge in [0.25, 0.3) is 0 Å². The monoisotopic (exact) mass is 105 g/mol. The first-order chi connectivity index (χ1) is 3.34. The van der Waals surface area contributed by atoms with Crippen molar-refractivity contribution in [3.63, 3.8) is 0 Å². The predicted octanol–water partition coefficient (Wildman–Crippen LogP) is -0.711. The number of rotatable bonds is 1. The maximum Gasteiger partial charge on any atom is 0.107 e. The van der Waals surface area contributed by atoms with Gasteiger partial charge in [0, 0.05) is 6.54 Å². The molecule has 0 unspecified atom stereocenters. The maximum absolute atomic E-state index is 11.5. The van der Waals surface area contributed by atoms with Crippen molar-refractivity contribution in [3.05, 3.63) is 0 Å². The van der Waals surface area contributed by atoms with Gasteiger partial charge in [0.1, 0.15) is 6.67 Å². The molecule has 1 aliphatic heterocycles. The van der Waals surface area contributed by atoms with Crippen molar-refractivity contribution in [2.45, 2.75) is 12.1 Å². The quantitative estimate of drug-likeness (QED) is 0.461. The average Bonchev–Trinajstić information content (AvgIpc) is 1.65. The van der Waals surface area contributed by atoms with E-state index in [0.29, 0.717) is 6.54 Å². The Labute approximate surface area is 41.3 Å². The molecule has 7 heavy (non-hydrogen) atoms. The first-order valence-electron chi connectivity index (χ1n) is 2.32. The van der Waals surface area contributed by atoms with Crippen LogP contribution in [0.2, 0.25) is 0 Å². The number of hydrogen-bond acceptors (Lipinski definition) is 2. The van der Waals surface area contributed by atoms with Gasteiger partial charge >= 0.3 is 0 Å². The number of β-amino-alcohol motifs (C(OH)–C–C–N with tert-alkyl or cyclic N) is 1. The number of nitrogens with one attached hydrogen (secondary N) is 1. The molecular weight excluding hydrogens is 97.0 g/mol. The maximum atomic E-state index is 11.5. The first kappa shape index (κ1) is 5.00. The molecule has 2 N–H and O–H groups in total. The van der Waals surface area contributed by atoms with Gasteiger partial charge in [-0.3, -0.25) is 0 Å². The van der Waals surface area contributed by atoms with E-state index in [2.05, 4.69) is 5.32 Å². The van der Waals surface area contributed by atoms with Gasteiger partial charge in [0.15, 0.2) is 0 Å². The molecule has 0 saturated carbocycles. The van der Waals surface area contributed by atoms with E-state index in [0.717, 1.165) is 0 Å². The standard InChI is InChI=1S/C4H8FNO/c5-1-3-4(7)2-6-3/h3-4,6-7H,1-2H2/t3-,4+/m0/s1. The van der Waals surface area contributed by atoms with Crippen LogP contribution in [0.1, 0.15) is 0 Å². The van der Waals surface area contributed by atoms with Gasteiger partial charge in [-0.2, -0.15) is 0 Å². The van der Waals surface area contributed by atoms with E-state index in [4.69, 9.17) is 5.11 Å². The first-order valence-corrected chi connectivity index (χ1v) is 2.32. The Morgan fingerprint density at radius 1 is 1.86 bits per heavy atom. The summed E-state index contributed by atoms with van der Waals surface area (Å²) in [6.07, 6.45) is -0.440. The van der Waals surface area contributed by atoms with E-state index < -0.39 is 12.8 Å². The summed E-state index contributed by atoms with van der Waals surface area (Å²) < 4.78 is 11.5. The minimum atomic E-state index is -0.457. The van der Waals surface area contributed by atoms with Crippen molar-refractivity contribution in [2.24, 2.45) is 0 Å². The topological polar surface area (TPSA) is 32.3 Å². The third-order valence-corrected chi connectivity index (χ3v) is 1.22. The molecule has 0 aromatic heterocycles. The normalized spacial score (nSPS) is 40.3. The average molecular weight is 105 g/mol. The van der Waals surface area contributed by atoms with Crippen LogP contribution in [0.3, 0.4) is 0 Å². The molecule has 2 nitrogen and oxygen atoms in total. The summed E-state index contributed by atoms with van der Waals surface area (Å²) in [7, 11) is 0. The molecule has 1 heterocycles. The van der Waals surface area contributed by atoms with Crippen molar-refractivity contribution in [3.8, 4) is 0 Å². The summed E-state index contributed by atoms with van der Waals surface area (Å²) in [5, 5.41) is 11.3. The summed E-state index contributed by atoms with van der Waals surface area (Å²) in [5.74, 6) is 0. The van der Waals surface area contributed by atoms with E-state index in [1.807, 2.05) is 0 Å². The van der Waals surface area contributed by atoms with Gasteiger partial charge in [-0.1, -0.05) is 0 Å². The summed E-state index contributed by atoms with van der Waals surface area (Å²) in [6, 6.07) is -0.278. The zero-order valence-corrected chi connectivity index (χ0v) is 3.89. The van der Waals surface area contributed by atoms with Gasteiger partial charge in [0.05, 0.1) is 12.1 Å². The highest BCUT2D eigenvalue weighted by molar-refractivity contribution is 4.86. The lowest BCUT2D eigenvalue weighted by Gasteiger charge is -2.31. The molecule has 42 valence electrons. The van der Waals surface area contributed by atoms with E-state index in [1.54, 1.807) is 0 Å². The second-order valence-electron chi connectivity index (χ2n) is 1.74. The highest BCUT2D eigenvalue weighted by atomic mass is 19.1. The molecular formula is C4H8FNO. The Kier molecular flexibility index (Phi) is 1.25. The summed E-state index contributed by atoms with van der Waals surface area (Å²) in [4.78, 5) is 0. The number of halogens is 1. The van der Waals surface area contributed by atoms with Gasteiger partial charge in [-0.15, -0.1) is 0 Å². The fourth-order valence-corrected chi connectivity index (χ4v) is 0.547. The number of aliphatic hydroxyl groups excluding tert-OH is 1. The van der Waals surface area contributed by atoms with Gasteiger partial charge in [-0.05, 0) is 0 Å². The third-order valence-electron chi connectivity index (χ3n) is 1.22. The molecule has 0 aromatic rings. The lowest BCUT2D eigenvalue weighted by atomic mass is 10.1. The predicted molar refractivity (Wildman–Crippen MR) is 23.8 cm³/mol. The largest absolute Gasteiger partial charge is 0.390 e. The number of hydrogen-bond donors (Lipinski definition) is 2. The van der Waals surface area contributed by atoms with Crippen LogP contribution in [-0.2, 0) is 0 Å². The van der Waals surface area contributed by atoms with Crippen LogP contribution in [-0.4, -0.2) is 30.5 Å². The molecule has 3 heteroatoms. The zero-order chi connectivity index (χ0) is 5.28.